The largest absolute Gasteiger partial charge is 0.357 e. The maximum Gasteiger partial charge on any atom is 0.150 e. The summed E-state index contributed by atoms with van der Waals surface area (Å²) >= 11 is 12.8. The van der Waals surface area contributed by atoms with Gasteiger partial charge >= 0.3 is 0 Å². The highest BCUT2D eigenvalue weighted by Crippen LogP contribution is 2.51. The van der Waals surface area contributed by atoms with Crippen molar-refractivity contribution in [3.05, 3.63) is 81.7 Å². The van der Waals surface area contributed by atoms with Crippen molar-refractivity contribution in [3.63, 3.8) is 0 Å². The fourth-order valence-corrected chi connectivity index (χ4v) is 5.32. The second kappa shape index (κ2) is 7.41. The number of aromatic nitrogens is 3. The molecule has 7 heteroatoms. The Morgan fingerprint density at radius 2 is 1.97 bits per heavy atom. The maximum absolute atomic E-state index is 6.71. The van der Waals surface area contributed by atoms with Crippen LogP contribution < -0.4 is 10.6 Å². The quantitative estimate of drug-likeness (QED) is 0.562. The molecule has 0 bridgehead atoms. The molecule has 0 amide bonds. The zero-order valence-electron chi connectivity index (χ0n) is 16.5. The Balaban J connectivity index is 1.39. The van der Waals surface area contributed by atoms with Gasteiger partial charge in [0.2, 0.25) is 0 Å². The third-order valence-electron chi connectivity index (χ3n) is 6.71. The van der Waals surface area contributed by atoms with Crippen molar-refractivity contribution in [2.24, 2.45) is 11.1 Å². The van der Waals surface area contributed by atoms with E-state index < -0.39 is 0 Å². The molecule has 3 N–H and O–H groups in total. The van der Waals surface area contributed by atoms with Crippen LogP contribution in [0.3, 0.4) is 0 Å². The first-order valence-corrected chi connectivity index (χ1v) is 10.9. The van der Waals surface area contributed by atoms with Crippen molar-refractivity contribution >= 4 is 34.6 Å². The molecular formula is C23H23Cl2N5. The molecule has 1 aromatic carbocycles. The molecule has 1 fully saturated rings. The lowest BCUT2D eigenvalue weighted by molar-refractivity contribution is 0.187. The average molecular weight is 440 g/mol. The van der Waals surface area contributed by atoms with Gasteiger partial charge in [0.1, 0.15) is 5.82 Å². The summed E-state index contributed by atoms with van der Waals surface area (Å²) in [6.07, 6.45) is 4.83. The molecule has 1 aliphatic heterocycles. The highest BCUT2D eigenvalue weighted by Gasteiger charge is 2.45. The summed E-state index contributed by atoms with van der Waals surface area (Å²) in [5.74, 6) is 0.815. The van der Waals surface area contributed by atoms with Crippen LogP contribution in [0.2, 0.25) is 10.2 Å². The molecule has 154 valence electrons. The van der Waals surface area contributed by atoms with Gasteiger partial charge in [0.15, 0.2) is 5.15 Å². The number of anilines is 1. The van der Waals surface area contributed by atoms with Crippen LogP contribution in [0.25, 0.3) is 5.57 Å². The standard InChI is InChI=1S/C23H23Cl2N5/c1-14(18-6-9-27-29-18)17-12-19(28-22(25)20(17)24)30-10-7-23(8-11-30)13-15-4-2-3-5-16(15)21(23)26/h2-6,9,12,21H,1,7-8,10-11,13,26H2,(H,27,29)/t21-/m1/s1. The van der Waals surface area contributed by atoms with Crippen LogP contribution in [0, 0.1) is 5.41 Å². The van der Waals surface area contributed by atoms with Crippen molar-refractivity contribution in [2.45, 2.75) is 25.3 Å². The van der Waals surface area contributed by atoms with E-state index in [4.69, 9.17) is 28.9 Å². The van der Waals surface area contributed by atoms with E-state index in [0.717, 1.165) is 49.4 Å². The Morgan fingerprint density at radius 3 is 2.67 bits per heavy atom. The van der Waals surface area contributed by atoms with E-state index in [-0.39, 0.29) is 16.6 Å². The zero-order chi connectivity index (χ0) is 20.9. The molecule has 5 rings (SSSR count). The molecule has 1 saturated heterocycles. The van der Waals surface area contributed by atoms with Crippen molar-refractivity contribution in [2.75, 3.05) is 18.0 Å². The highest BCUT2D eigenvalue weighted by atomic mass is 35.5. The fraction of sp³-hybridized carbons (Fsp3) is 0.304. The molecule has 1 atom stereocenters. The predicted octanol–water partition coefficient (Wildman–Crippen LogP) is 5.02. The first-order valence-electron chi connectivity index (χ1n) is 10.1. The SMILES string of the molecule is C=C(c1cc[nH]n1)c1cc(N2CCC3(CC2)Cc2ccccc2[C@H]3N)nc(Cl)c1Cl. The summed E-state index contributed by atoms with van der Waals surface area (Å²) in [5, 5.41) is 7.70. The molecule has 3 heterocycles. The minimum Gasteiger partial charge on any atom is -0.357 e. The highest BCUT2D eigenvalue weighted by molar-refractivity contribution is 6.42. The van der Waals surface area contributed by atoms with Gasteiger partial charge in [-0.15, -0.1) is 0 Å². The molecule has 1 spiro atoms. The number of nitrogens with one attached hydrogen (secondary N) is 1. The van der Waals surface area contributed by atoms with Crippen molar-refractivity contribution in [1.29, 1.82) is 0 Å². The number of pyridine rings is 1. The van der Waals surface area contributed by atoms with E-state index in [0.29, 0.717) is 10.6 Å². The van der Waals surface area contributed by atoms with Crippen molar-refractivity contribution in [3.8, 4) is 0 Å². The van der Waals surface area contributed by atoms with Gasteiger partial charge in [0.25, 0.3) is 0 Å². The van der Waals surface area contributed by atoms with Crippen LogP contribution in [0.5, 0.6) is 0 Å². The lowest BCUT2D eigenvalue weighted by atomic mass is 9.73. The topological polar surface area (TPSA) is 70.8 Å². The van der Waals surface area contributed by atoms with Crippen LogP contribution in [0.1, 0.15) is 41.3 Å². The smallest absolute Gasteiger partial charge is 0.150 e. The van der Waals surface area contributed by atoms with Crippen molar-refractivity contribution in [1.82, 2.24) is 15.2 Å². The van der Waals surface area contributed by atoms with Gasteiger partial charge in [-0.05, 0) is 47.9 Å². The van der Waals surface area contributed by atoms with Crippen LogP contribution >= 0.6 is 23.2 Å². The first kappa shape index (κ1) is 19.6. The first-order chi connectivity index (χ1) is 14.5. The number of nitrogens with two attached hydrogens (primary N) is 1. The molecule has 3 aromatic rings. The van der Waals surface area contributed by atoms with E-state index in [1.807, 2.05) is 12.1 Å². The second-order valence-corrected chi connectivity index (χ2v) is 9.01. The number of hydrogen-bond acceptors (Lipinski definition) is 4. The van der Waals surface area contributed by atoms with Crippen LogP contribution in [0.4, 0.5) is 5.82 Å². The van der Waals surface area contributed by atoms with Crippen LogP contribution in [-0.4, -0.2) is 28.3 Å². The Morgan fingerprint density at radius 1 is 1.20 bits per heavy atom. The maximum atomic E-state index is 6.71. The lowest BCUT2D eigenvalue weighted by Crippen LogP contribution is -2.44. The average Bonchev–Trinajstić information content (AvgIpc) is 3.38. The number of aromatic amines is 1. The Labute approximate surface area is 185 Å². The number of rotatable bonds is 3. The van der Waals surface area contributed by atoms with Crippen LogP contribution in [-0.2, 0) is 6.42 Å². The molecule has 30 heavy (non-hydrogen) atoms. The van der Waals surface area contributed by atoms with Gasteiger partial charge in [-0.1, -0.05) is 54.0 Å². The third kappa shape index (κ3) is 3.13. The number of fused-ring (bicyclic) bond motifs is 1. The second-order valence-electron chi connectivity index (χ2n) is 8.27. The van der Waals surface area contributed by atoms with Crippen LogP contribution in [0.15, 0.2) is 49.2 Å². The molecule has 1 aliphatic carbocycles. The zero-order valence-corrected chi connectivity index (χ0v) is 18.0. The summed E-state index contributed by atoms with van der Waals surface area (Å²) < 4.78 is 0. The molecule has 0 radical (unpaired) electrons. The Hall–Kier alpha value is -2.34. The number of hydrogen-bond donors (Lipinski definition) is 2. The summed E-state index contributed by atoms with van der Waals surface area (Å²) in [5.41, 5.74) is 11.7. The summed E-state index contributed by atoms with van der Waals surface area (Å²) in [6.45, 7) is 5.91. The van der Waals surface area contributed by atoms with E-state index >= 15 is 0 Å². The number of benzene rings is 1. The summed E-state index contributed by atoms with van der Waals surface area (Å²) in [4.78, 5) is 6.82. The van der Waals surface area contributed by atoms with E-state index in [1.165, 1.54) is 11.1 Å². The van der Waals surface area contributed by atoms with Gasteiger partial charge in [-0.3, -0.25) is 5.10 Å². The number of halogens is 2. The van der Waals surface area contributed by atoms with Gasteiger partial charge in [-0.25, -0.2) is 4.98 Å². The minimum absolute atomic E-state index is 0.0904. The van der Waals surface area contributed by atoms with Crippen molar-refractivity contribution < 1.29 is 0 Å². The van der Waals surface area contributed by atoms with E-state index in [2.05, 4.69) is 50.9 Å². The molecule has 2 aromatic heterocycles. The third-order valence-corrected chi connectivity index (χ3v) is 7.47. The minimum atomic E-state index is 0.0904. The molecule has 0 unspecified atom stereocenters. The Kier molecular flexibility index (Phi) is 4.85. The van der Waals surface area contributed by atoms with Gasteiger partial charge < -0.3 is 10.6 Å². The number of nitrogens with zero attached hydrogens (tertiary/aromatic N) is 3. The monoisotopic (exact) mass is 439 g/mol. The predicted molar refractivity (Wildman–Crippen MR) is 122 cm³/mol. The molecule has 0 saturated carbocycles. The van der Waals surface area contributed by atoms with Gasteiger partial charge in [0.05, 0.1) is 10.7 Å². The normalized spacial score (nSPS) is 19.8. The number of piperidine rings is 1. The summed E-state index contributed by atoms with van der Waals surface area (Å²) in [7, 11) is 0. The lowest BCUT2D eigenvalue weighted by Gasteiger charge is -2.42. The van der Waals surface area contributed by atoms with Gasteiger partial charge in [-0.2, -0.15) is 5.10 Å². The Bertz CT molecular complexity index is 1100. The fourth-order valence-electron chi connectivity index (χ4n) is 4.92. The van der Waals surface area contributed by atoms with Gasteiger partial charge in [0, 0.05) is 36.5 Å². The summed E-state index contributed by atoms with van der Waals surface area (Å²) in [6, 6.07) is 12.5. The van der Waals surface area contributed by atoms with E-state index in [1.54, 1.807) is 6.20 Å². The number of H-pyrrole nitrogens is 1. The molecular weight excluding hydrogens is 417 g/mol. The molecule has 2 aliphatic rings. The molecule has 5 nitrogen and oxygen atoms in total. The van der Waals surface area contributed by atoms with E-state index in [9.17, 15) is 0 Å².